The Morgan fingerprint density at radius 3 is 2.06 bits per heavy atom. The van der Waals surface area contributed by atoms with E-state index in [0.29, 0.717) is 0 Å². The van der Waals surface area contributed by atoms with Crippen molar-refractivity contribution in [1.29, 1.82) is 0 Å². The predicted molar refractivity (Wildman–Crippen MR) is 215 cm³/mol. The zero-order valence-electron chi connectivity index (χ0n) is 31.7. The number of hydrogen-bond donors (Lipinski definition) is 0. The first-order chi connectivity index (χ1) is 23.5. The molecule has 0 saturated heterocycles. The number of hydrogen-bond acceptors (Lipinski definition) is 1. The second kappa shape index (κ2) is 10.1. The molecule has 1 atom stereocenters. The van der Waals surface area contributed by atoms with Crippen LogP contribution in [0, 0.1) is 6.92 Å². The van der Waals surface area contributed by atoms with E-state index in [1.54, 1.807) is 0 Å². The summed E-state index contributed by atoms with van der Waals surface area (Å²) >= 11 is 2.06. The Hall–Kier alpha value is -3.95. The number of rotatable bonds is 1. The Kier molecular flexibility index (Phi) is 6.46. The van der Waals surface area contributed by atoms with Gasteiger partial charge in [-0.15, -0.1) is 11.3 Å². The average Bonchev–Trinajstić information content (AvgIpc) is 3.54. The van der Waals surface area contributed by atoms with Gasteiger partial charge < -0.3 is 0 Å². The van der Waals surface area contributed by atoms with Crippen LogP contribution in [0.3, 0.4) is 0 Å². The van der Waals surface area contributed by atoms with Gasteiger partial charge in [0, 0.05) is 38.8 Å². The van der Waals surface area contributed by atoms with Gasteiger partial charge in [-0.2, -0.15) is 4.57 Å². The standard InChI is InChI=1S/C47H49BNS/c1-27-22-34-41-37(23-27)47(10,11)40-33-25-32-30-14-12-13-15-35(30)46(8,9)36(32)26-39(33)50-43(40)48(41)38-24-29(45(5,6)7)16-17-31(38)42(34)49-20-18-28(19-21-49)44(2,3)4/h12-26,42H,1-11H3/q+1. The van der Waals surface area contributed by atoms with Crippen LogP contribution in [0.1, 0.15) is 125 Å². The Labute approximate surface area is 303 Å². The Morgan fingerprint density at radius 1 is 0.660 bits per heavy atom. The van der Waals surface area contributed by atoms with Crippen molar-refractivity contribution in [3.8, 4) is 11.1 Å². The number of benzene rings is 4. The van der Waals surface area contributed by atoms with Crippen molar-refractivity contribution in [3.63, 3.8) is 0 Å². The molecule has 1 nitrogen and oxygen atoms in total. The molecule has 50 heavy (non-hydrogen) atoms. The van der Waals surface area contributed by atoms with E-state index in [1.807, 2.05) is 0 Å². The summed E-state index contributed by atoms with van der Waals surface area (Å²) in [5.74, 6) is 0. The molecule has 1 unspecified atom stereocenters. The van der Waals surface area contributed by atoms with Crippen molar-refractivity contribution in [2.75, 3.05) is 0 Å². The van der Waals surface area contributed by atoms with E-state index in [1.165, 1.54) is 87.0 Å². The molecular formula is C47H49BNS+. The van der Waals surface area contributed by atoms with Gasteiger partial charge in [0.15, 0.2) is 12.4 Å². The van der Waals surface area contributed by atoms with Crippen LogP contribution in [0.4, 0.5) is 0 Å². The van der Waals surface area contributed by atoms with Crippen molar-refractivity contribution in [2.45, 2.75) is 104 Å². The van der Waals surface area contributed by atoms with Gasteiger partial charge in [-0.05, 0) is 90.6 Å². The summed E-state index contributed by atoms with van der Waals surface area (Å²) in [7, 11) is 0. The highest BCUT2D eigenvalue weighted by Gasteiger charge is 2.50. The molecule has 9 rings (SSSR count). The van der Waals surface area contributed by atoms with Gasteiger partial charge >= 0.3 is 0 Å². The SMILES string of the molecule is Cc1cc2c3c(c1)C(C)(C)c1c(sc4cc5c(cc14)-c1ccccc1C5(C)C)B3c1cc(C(C)(C)C)ccc1C2[n+]1ccc(C(C)(C)C)cc1. The maximum atomic E-state index is 2.58. The van der Waals surface area contributed by atoms with Crippen molar-refractivity contribution in [2.24, 2.45) is 0 Å². The molecule has 0 spiro atoms. The summed E-state index contributed by atoms with van der Waals surface area (Å²) in [6, 6.07) is 31.5. The molecule has 4 aromatic carbocycles. The molecular weight excluding hydrogens is 621 g/mol. The zero-order chi connectivity index (χ0) is 35.3. The highest BCUT2D eigenvalue weighted by Crippen LogP contribution is 2.52. The average molecular weight is 671 g/mol. The second-order valence-corrected chi connectivity index (χ2v) is 19.6. The molecule has 0 amide bonds. The van der Waals surface area contributed by atoms with E-state index in [9.17, 15) is 0 Å². The molecule has 2 aliphatic heterocycles. The minimum absolute atomic E-state index is 0.0145. The number of aromatic nitrogens is 1. The van der Waals surface area contributed by atoms with Crippen LogP contribution >= 0.6 is 11.3 Å². The van der Waals surface area contributed by atoms with E-state index >= 15 is 0 Å². The van der Waals surface area contributed by atoms with Crippen LogP contribution in [-0.4, -0.2) is 6.71 Å². The minimum Gasteiger partial charge on any atom is -0.194 e. The smallest absolute Gasteiger partial charge is 0.194 e. The molecule has 4 heterocycles. The van der Waals surface area contributed by atoms with E-state index in [4.69, 9.17) is 0 Å². The molecule has 3 heteroatoms. The van der Waals surface area contributed by atoms with Crippen molar-refractivity contribution >= 4 is 43.8 Å². The fraction of sp³-hybridized carbons (Fsp3) is 0.340. The second-order valence-electron chi connectivity index (χ2n) is 18.6. The molecule has 1 aliphatic carbocycles. The van der Waals surface area contributed by atoms with Gasteiger partial charge in [0.2, 0.25) is 6.04 Å². The molecule has 0 N–H and O–H groups in total. The Morgan fingerprint density at radius 2 is 1.36 bits per heavy atom. The van der Waals surface area contributed by atoms with Gasteiger partial charge in [0.1, 0.15) is 0 Å². The van der Waals surface area contributed by atoms with Crippen molar-refractivity contribution in [3.05, 3.63) is 141 Å². The topological polar surface area (TPSA) is 3.88 Å². The number of aryl methyl sites for hydroxylation is 1. The predicted octanol–water partition coefficient (Wildman–Crippen LogP) is 9.51. The Bertz CT molecular complexity index is 2410. The molecule has 2 aromatic heterocycles. The van der Waals surface area contributed by atoms with E-state index in [2.05, 4.69) is 183 Å². The molecule has 0 radical (unpaired) electrons. The highest BCUT2D eigenvalue weighted by atomic mass is 32.1. The third-order valence-electron chi connectivity index (χ3n) is 12.5. The molecule has 250 valence electrons. The third-order valence-corrected chi connectivity index (χ3v) is 13.7. The summed E-state index contributed by atoms with van der Waals surface area (Å²) < 4.78 is 5.45. The maximum Gasteiger partial charge on any atom is 0.255 e. The lowest BCUT2D eigenvalue weighted by Gasteiger charge is -2.42. The van der Waals surface area contributed by atoms with Crippen molar-refractivity contribution < 1.29 is 4.57 Å². The van der Waals surface area contributed by atoms with Crippen LogP contribution < -0.4 is 20.3 Å². The van der Waals surface area contributed by atoms with Crippen LogP contribution in [0.5, 0.6) is 0 Å². The summed E-state index contributed by atoms with van der Waals surface area (Å²) in [5, 5.41) is 1.44. The lowest BCUT2D eigenvalue weighted by Crippen LogP contribution is -2.66. The first-order valence-corrected chi connectivity index (χ1v) is 19.3. The number of pyridine rings is 1. The summed E-state index contributed by atoms with van der Waals surface area (Å²) in [6.07, 6.45) is 4.67. The summed E-state index contributed by atoms with van der Waals surface area (Å²) in [4.78, 5) is 0. The molecule has 3 aliphatic rings. The fourth-order valence-corrected chi connectivity index (χ4v) is 11.3. The Balaban J connectivity index is 1.35. The molecule has 0 fully saturated rings. The lowest BCUT2D eigenvalue weighted by molar-refractivity contribution is -0.704. The minimum atomic E-state index is -0.146. The largest absolute Gasteiger partial charge is 0.255 e. The summed E-state index contributed by atoms with van der Waals surface area (Å²) in [6.45, 7) is 26.3. The fourth-order valence-electron chi connectivity index (χ4n) is 9.75. The van der Waals surface area contributed by atoms with Crippen LogP contribution in [0.25, 0.3) is 21.2 Å². The third kappa shape index (κ3) is 4.28. The number of fused-ring (bicyclic) bond motifs is 9. The maximum absolute atomic E-state index is 2.58. The van der Waals surface area contributed by atoms with Gasteiger partial charge in [0.05, 0.1) is 0 Å². The van der Waals surface area contributed by atoms with E-state index in [-0.39, 0.29) is 34.4 Å². The molecule has 0 bridgehead atoms. The van der Waals surface area contributed by atoms with E-state index < -0.39 is 0 Å². The summed E-state index contributed by atoms with van der Waals surface area (Å²) in [5.41, 5.74) is 18.8. The molecule has 6 aromatic rings. The first-order valence-electron chi connectivity index (χ1n) is 18.5. The van der Waals surface area contributed by atoms with Gasteiger partial charge in [0.25, 0.3) is 6.71 Å². The highest BCUT2D eigenvalue weighted by molar-refractivity contribution is 7.32. The lowest BCUT2D eigenvalue weighted by atomic mass is 9.30. The van der Waals surface area contributed by atoms with E-state index in [0.717, 1.165) is 0 Å². The van der Waals surface area contributed by atoms with Gasteiger partial charge in [-0.25, -0.2) is 0 Å². The molecule has 0 saturated carbocycles. The number of nitrogens with zero attached hydrogens (tertiary/aromatic N) is 1. The monoisotopic (exact) mass is 670 g/mol. The van der Waals surface area contributed by atoms with Crippen LogP contribution in [0.15, 0.2) is 91.3 Å². The zero-order valence-corrected chi connectivity index (χ0v) is 32.5. The van der Waals surface area contributed by atoms with Crippen LogP contribution in [0.2, 0.25) is 0 Å². The van der Waals surface area contributed by atoms with Gasteiger partial charge in [-0.1, -0.05) is 134 Å². The normalized spacial score (nSPS) is 18.0. The quantitative estimate of drug-likeness (QED) is 0.121. The number of thiophene rings is 1. The van der Waals surface area contributed by atoms with Crippen molar-refractivity contribution in [1.82, 2.24) is 0 Å². The van der Waals surface area contributed by atoms with Gasteiger partial charge in [-0.3, -0.25) is 0 Å². The van der Waals surface area contributed by atoms with Crippen LogP contribution in [-0.2, 0) is 21.7 Å². The first kappa shape index (κ1) is 32.0.